The van der Waals surface area contributed by atoms with E-state index in [0.29, 0.717) is 31.7 Å². The fourth-order valence-corrected chi connectivity index (χ4v) is 2.55. The van der Waals surface area contributed by atoms with Crippen molar-refractivity contribution in [2.45, 2.75) is 24.9 Å². The predicted molar refractivity (Wildman–Crippen MR) is 94.0 cm³/mol. The summed E-state index contributed by atoms with van der Waals surface area (Å²) in [6, 6.07) is 7.46. The van der Waals surface area contributed by atoms with Crippen molar-refractivity contribution in [2.24, 2.45) is 5.73 Å². The van der Waals surface area contributed by atoms with Crippen LogP contribution >= 0.6 is 12.4 Å². The average molecular weight is 368 g/mol. The zero-order valence-electron chi connectivity index (χ0n) is 14.0. The largest absolute Gasteiger partial charge is 0.497 e. The maximum absolute atomic E-state index is 12.3. The third kappa shape index (κ3) is 4.47. The summed E-state index contributed by atoms with van der Waals surface area (Å²) in [5, 5.41) is 11.0. The predicted octanol–water partition coefficient (Wildman–Crippen LogP) is 0.822. The second kappa shape index (κ2) is 8.28. The number of rotatable bonds is 5. The van der Waals surface area contributed by atoms with Gasteiger partial charge in [0.1, 0.15) is 11.4 Å². The van der Waals surface area contributed by atoms with Gasteiger partial charge in [-0.05, 0) is 37.1 Å². The Morgan fingerprint density at radius 3 is 2.68 bits per heavy atom. The standard InChI is InChI=1S/C16H21N5O3.ClH/c1-23-14-4-2-13(3-5-14)21-11-12(19-20-21)10-18-15(22)16(17)6-8-24-9-7-16;/h2-5,11H,6-10,17H2,1H3,(H,18,22);1H. The molecule has 3 N–H and O–H groups in total. The molecule has 1 aromatic heterocycles. The zero-order chi connectivity index (χ0) is 17.0. The maximum atomic E-state index is 12.3. The smallest absolute Gasteiger partial charge is 0.240 e. The van der Waals surface area contributed by atoms with Gasteiger partial charge in [-0.3, -0.25) is 4.79 Å². The number of amides is 1. The lowest BCUT2D eigenvalue weighted by molar-refractivity contribution is -0.129. The highest BCUT2D eigenvalue weighted by molar-refractivity contribution is 5.86. The normalized spacial score (nSPS) is 15.9. The van der Waals surface area contributed by atoms with Gasteiger partial charge in [0.15, 0.2) is 0 Å². The van der Waals surface area contributed by atoms with Crippen molar-refractivity contribution < 1.29 is 14.3 Å². The molecule has 0 atom stereocenters. The van der Waals surface area contributed by atoms with E-state index in [-0.39, 0.29) is 24.9 Å². The second-order valence-corrected chi connectivity index (χ2v) is 5.80. The summed E-state index contributed by atoms with van der Waals surface area (Å²) in [6.45, 7) is 1.31. The van der Waals surface area contributed by atoms with Crippen LogP contribution in [0.1, 0.15) is 18.5 Å². The molecule has 0 bridgehead atoms. The van der Waals surface area contributed by atoms with Crippen LogP contribution in [0.15, 0.2) is 30.5 Å². The third-order valence-electron chi connectivity index (χ3n) is 4.15. The van der Waals surface area contributed by atoms with E-state index in [1.807, 2.05) is 24.3 Å². The topological polar surface area (TPSA) is 104 Å². The Hall–Kier alpha value is -2.16. The number of aromatic nitrogens is 3. The number of nitrogens with one attached hydrogen (secondary N) is 1. The first-order chi connectivity index (χ1) is 11.6. The number of benzene rings is 1. The van der Waals surface area contributed by atoms with Gasteiger partial charge in [0.05, 0.1) is 31.1 Å². The molecule has 136 valence electrons. The number of ether oxygens (including phenoxy) is 2. The number of carbonyl (C=O) groups excluding carboxylic acids is 1. The monoisotopic (exact) mass is 367 g/mol. The summed E-state index contributed by atoms with van der Waals surface area (Å²) in [5.41, 5.74) is 6.81. The number of hydrogen-bond donors (Lipinski definition) is 2. The molecule has 1 aliphatic rings. The van der Waals surface area contributed by atoms with Gasteiger partial charge in [0.25, 0.3) is 0 Å². The molecule has 0 aliphatic carbocycles. The van der Waals surface area contributed by atoms with E-state index in [2.05, 4.69) is 15.6 Å². The minimum atomic E-state index is -0.857. The molecule has 2 aromatic rings. The number of carbonyl (C=O) groups is 1. The molecule has 25 heavy (non-hydrogen) atoms. The van der Waals surface area contributed by atoms with Crippen molar-refractivity contribution in [3.8, 4) is 11.4 Å². The van der Waals surface area contributed by atoms with Crippen LogP contribution < -0.4 is 15.8 Å². The molecule has 1 saturated heterocycles. The fraction of sp³-hybridized carbons (Fsp3) is 0.438. The lowest BCUT2D eigenvalue weighted by Gasteiger charge is -2.31. The van der Waals surface area contributed by atoms with Crippen molar-refractivity contribution in [3.05, 3.63) is 36.2 Å². The third-order valence-corrected chi connectivity index (χ3v) is 4.15. The van der Waals surface area contributed by atoms with Gasteiger partial charge >= 0.3 is 0 Å². The summed E-state index contributed by atoms with van der Waals surface area (Å²) in [5.74, 6) is 0.598. The van der Waals surface area contributed by atoms with Gasteiger partial charge in [-0.15, -0.1) is 17.5 Å². The highest BCUT2D eigenvalue weighted by atomic mass is 35.5. The highest BCUT2D eigenvalue weighted by Gasteiger charge is 2.35. The molecular formula is C16H22ClN5O3. The molecule has 0 spiro atoms. The lowest BCUT2D eigenvalue weighted by atomic mass is 9.90. The second-order valence-electron chi connectivity index (χ2n) is 5.80. The number of hydrogen-bond acceptors (Lipinski definition) is 6. The summed E-state index contributed by atoms with van der Waals surface area (Å²) >= 11 is 0. The lowest BCUT2D eigenvalue weighted by Crippen LogP contribution is -2.56. The average Bonchev–Trinajstić information content (AvgIpc) is 3.09. The molecule has 1 fully saturated rings. The minimum absolute atomic E-state index is 0. The molecule has 8 nitrogen and oxygen atoms in total. The van der Waals surface area contributed by atoms with Gasteiger partial charge in [-0.1, -0.05) is 5.21 Å². The Labute approximate surface area is 152 Å². The van der Waals surface area contributed by atoms with E-state index in [1.54, 1.807) is 18.0 Å². The van der Waals surface area contributed by atoms with Gasteiger partial charge in [0, 0.05) is 13.2 Å². The molecule has 9 heteroatoms. The van der Waals surface area contributed by atoms with E-state index in [4.69, 9.17) is 15.2 Å². The van der Waals surface area contributed by atoms with Gasteiger partial charge in [0.2, 0.25) is 5.91 Å². The quantitative estimate of drug-likeness (QED) is 0.810. The Morgan fingerprint density at radius 1 is 1.36 bits per heavy atom. The van der Waals surface area contributed by atoms with Crippen molar-refractivity contribution >= 4 is 18.3 Å². The van der Waals surface area contributed by atoms with E-state index in [9.17, 15) is 4.79 Å². The van der Waals surface area contributed by atoms with Crippen LogP contribution in [0.3, 0.4) is 0 Å². The van der Waals surface area contributed by atoms with Crippen molar-refractivity contribution in [3.63, 3.8) is 0 Å². The minimum Gasteiger partial charge on any atom is -0.497 e. The SMILES string of the molecule is COc1ccc(-n2cc(CNC(=O)C3(N)CCOCC3)nn2)cc1.Cl. The van der Waals surface area contributed by atoms with Crippen LogP contribution in [0.2, 0.25) is 0 Å². The number of methoxy groups -OCH3 is 1. The molecule has 1 aromatic carbocycles. The van der Waals surface area contributed by atoms with Gasteiger partial charge in [-0.25, -0.2) is 4.68 Å². The molecule has 0 saturated carbocycles. The van der Waals surface area contributed by atoms with Crippen LogP contribution in [-0.4, -0.2) is 46.8 Å². The molecule has 3 rings (SSSR count). The Kier molecular flexibility index (Phi) is 6.35. The highest BCUT2D eigenvalue weighted by Crippen LogP contribution is 2.18. The van der Waals surface area contributed by atoms with E-state index in [0.717, 1.165) is 11.4 Å². The van der Waals surface area contributed by atoms with E-state index in [1.165, 1.54) is 0 Å². The molecule has 1 amide bonds. The number of halogens is 1. The van der Waals surface area contributed by atoms with Crippen LogP contribution in [0.4, 0.5) is 0 Å². The maximum Gasteiger partial charge on any atom is 0.240 e. The first kappa shape index (κ1) is 19.2. The number of nitrogens with two attached hydrogens (primary N) is 1. The first-order valence-electron chi connectivity index (χ1n) is 7.81. The number of nitrogens with zero attached hydrogens (tertiary/aromatic N) is 3. The molecule has 0 unspecified atom stereocenters. The Balaban J connectivity index is 0.00000225. The first-order valence-corrected chi connectivity index (χ1v) is 7.81. The van der Waals surface area contributed by atoms with E-state index >= 15 is 0 Å². The molecule has 0 radical (unpaired) electrons. The van der Waals surface area contributed by atoms with Gasteiger partial charge in [-0.2, -0.15) is 0 Å². The fourth-order valence-electron chi connectivity index (χ4n) is 2.55. The van der Waals surface area contributed by atoms with Crippen LogP contribution in [-0.2, 0) is 16.1 Å². The summed E-state index contributed by atoms with van der Waals surface area (Å²) in [4.78, 5) is 12.3. The van der Waals surface area contributed by atoms with Crippen LogP contribution in [0.25, 0.3) is 5.69 Å². The van der Waals surface area contributed by atoms with E-state index < -0.39 is 5.54 Å². The Bertz CT molecular complexity index is 698. The van der Waals surface area contributed by atoms with Crippen molar-refractivity contribution in [1.29, 1.82) is 0 Å². The molecule has 1 aliphatic heterocycles. The van der Waals surface area contributed by atoms with Crippen molar-refractivity contribution in [1.82, 2.24) is 20.3 Å². The van der Waals surface area contributed by atoms with Crippen molar-refractivity contribution in [2.75, 3.05) is 20.3 Å². The molecular weight excluding hydrogens is 346 g/mol. The van der Waals surface area contributed by atoms with Crippen LogP contribution in [0.5, 0.6) is 5.75 Å². The summed E-state index contributed by atoms with van der Waals surface area (Å²) in [7, 11) is 1.62. The Morgan fingerprint density at radius 2 is 2.04 bits per heavy atom. The van der Waals surface area contributed by atoms with Gasteiger partial charge < -0.3 is 20.5 Å². The molecule has 2 heterocycles. The van der Waals surface area contributed by atoms with Crippen LogP contribution in [0, 0.1) is 0 Å². The summed E-state index contributed by atoms with van der Waals surface area (Å²) < 4.78 is 12.0. The zero-order valence-corrected chi connectivity index (χ0v) is 14.8. The summed E-state index contributed by atoms with van der Waals surface area (Å²) in [6.07, 6.45) is 2.82.